The number of para-hydroxylation sites is 2. The first-order valence-electron chi connectivity index (χ1n) is 7.16. The lowest BCUT2D eigenvalue weighted by Gasteiger charge is -2.03. The van der Waals surface area contributed by atoms with Crippen LogP contribution in [-0.2, 0) is 0 Å². The molecule has 2 heterocycles. The second kappa shape index (κ2) is 5.72. The number of benzene rings is 2. The predicted molar refractivity (Wildman–Crippen MR) is 95.8 cm³/mol. The Bertz CT molecular complexity index is 993. The summed E-state index contributed by atoms with van der Waals surface area (Å²) in [6.45, 7) is 1.97. The Hall–Kier alpha value is -2.30. The van der Waals surface area contributed by atoms with Gasteiger partial charge < -0.3 is 0 Å². The van der Waals surface area contributed by atoms with Gasteiger partial charge in [0.05, 0.1) is 22.4 Å². The minimum absolute atomic E-state index is 0.723. The van der Waals surface area contributed by atoms with E-state index in [1.807, 2.05) is 60.8 Å². The molecule has 4 aromatic rings. The first-order chi connectivity index (χ1) is 11.2. The predicted octanol–water partition coefficient (Wildman–Crippen LogP) is 5.38. The summed E-state index contributed by atoms with van der Waals surface area (Å²) in [6.07, 6.45) is 0. The Labute approximate surface area is 142 Å². The van der Waals surface area contributed by atoms with Crippen molar-refractivity contribution in [3.05, 3.63) is 64.6 Å². The van der Waals surface area contributed by atoms with Crippen molar-refractivity contribution in [1.82, 2.24) is 15.0 Å². The molecule has 0 saturated heterocycles. The summed E-state index contributed by atoms with van der Waals surface area (Å²) < 4.78 is 0. The third kappa shape index (κ3) is 2.71. The van der Waals surface area contributed by atoms with E-state index in [4.69, 9.17) is 21.6 Å². The summed E-state index contributed by atoms with van der Waals surface area (Å²) >= 11 is 7.52. The number of hydrogen-bond donors (Lipinski definition) is 0. The molecule has 0 bridgehead atoms. The van der Waals surface area contributed by atoms with E-state index in [2.05, 4.69) is 4.98 Å². The lowest BCUT2D eigenvalue weighted by Crippen LogP contribution is -1.93. The van der Waals surface area contributed by atoms with Gasteiger partial charge in [-0.25, -0.2) is 15.0 Å². The fourth-order valence-electron chi connectivity index (χ4n) is 2.43. The molecule has 0 aliphatic heterocycles. The topological polar surface area (TPSA) is 38.7 Å². The standard InChI is InChI=1S/C18H12ClN3S/c1-11-17(21-15-5-3-2-4-14(15)20-11)18-22-16(10-23-18)12-6-8-13(19)9-7-12/h2-10H,1H3. The molecule has 0 amide bonds. The molecular weight excluding hydrogens is 326 g/mol. The summed E-state index contributed by atoms with van der Waals surface area (Å²) in [4.78, 5) is 14.1. The maximum absolute atomic E-state index is 5.94. The second-order valence-electron chi connectivity index (χ2n) is 5.19. The van der Waals surface area contributed by atoms with Crippen molar-refractivity contribution in [2.75, 3.05) is 0 Å². The molecule has 0 atom stereocenters. The van der Waals surface area contributed by atoms with Crippen LogP contribution in [0.4, 0.5) is 0 Å². The van der Waals surface area contributed by atoms with Crippen molar-refractivity contribution in [2.45, 2.75) is 6.92 Å². The number of halogens is 1. The highest BCUT2D eigenvalue weighted by molar-refractivity contribution is 7.13. The fraction of sp³-hybridized carbons (Fsp3) is 0.0556. The van der Waals surface area contributed by atoms with Crippen molar-refractivity contribution < 1.29 is 0 Å². The molecule has 5 heteroatoms. The van der Waals surface area contributed by atoms with Crippen molar-refractivity contribution in [2.24, 2.45) is 0 Å². The second-order valence-corrected chi connectivity index (χ2v) is 6.49. The summed E-state index contributed by atoms with van der Waals surface area (Å²) in [5.74, 6) is 0. The van der Waals surface area contributed by atoms with Crippen molar-refractivity contribution in [3.63, 3.8) is 0 Å². The van der Waals surface area contributed by atoms with E-state index in [9.17, 15) is 0 Å². The van der Waals surface area contributed by atoms with Gasteiger partial charge in [0.2, 0.25) is 0 Å². The van der Waals surface area contributed by atoms with Gasteiger partial charge >= 0.3 is 0 Å². The molecule has 0 aliphatic rings. The highest BCUT2D eigenvalue weighted by Crippen LogP contribution is 2.30. The van der Waals surface area contributed by atoms with Gasteiger partial charge in [-0.05, 0) is 31.2 Å². The van der Waals surface area contributed by atoms with Gasteiger partial charge in [0.25, 0.3) is 0 Å². The Morgan fingerprint density at radius 1 is 0.870 bits per heavy atom. The first kappa shape index (κ1) is 14.3. The number of hydrogen-bond acceptors (Lipinski definition) is 4. The molecule has 0 radical (unpaired) electrons. The van der Waals surface area contributed by atoms with Crippen molar-refractivity contribution >= 4 is 34.0 Å². The lowest BCUT2D eigenvalue weighted by atomic mass is 10.2. The van der Waals surface area contributed by atoms with E-state index in [-0.39, 0.29) is 0 Å². The maximum Gasteiger partial charge on any atom is 0.144 e. The molecule has 0 spiro atoms. The number of thiazole rings is 1. The van der Waals surface area contributed by atoms with Crippen LogP contribution in [-0.4, -0.2) is 15.0 Å². The minimum Gasteiger partial charge on any atom is -0.249 e. The Kier molecular flexibility index (Phi) is 3.56. The Morgan fingerprint density at radius 2 is 1.57 bits per heavy atom. The number of fused-ring (bicyclic) bond motifs is 1. The van der Waals surface area contributed by atoms with Crippen LogP contribution in [0.25, 0.3) is 33.0 Å². The number of aryl methyl sites for hydroxylation is 1. The van der Waals surface area contributed by atoms with Crippen LogP contribution < -0.4 is 0 Å². The van der Waals surface area contributed by atoms with Crippen LogP contribution in [0.1, 0.15) is 5.69 Å². The number of rotatable bonds is 2. The van der Waals surface area contributed by atoms with Gasteiger partial charge in [0.15, 0.2) is 0 Å². The summed E-state index contributed by atoms with van der Waals surface area (Å²) in [5, 5.41) is 3.64. The molecule has 3 nitrogen and oxygen atoms in total. The van der Waals surface area contributed by atoms with Crippen LogP contribution >= 0.6 is 22.9 Å². The van der Waals surface area contributed by atoms with Crippen molar-refractivity contribution in [3.8, 4) is 22.0 Å². The normalized spacial score (nSPS) is 11.0. The molecule has 2 aromatic carbocycles. The zero-order chi connectivity index (χ0) is 15.8. The molecule has 0 aliphatic carbocycles. The molecule has 4 rings (SSSR count). The quantitative estimate of drug-likeness (QED) is 0.492. The van der Waals surface area contributed by atoms with Crippen molar-refractivity contribution in [1.29, 1.82) is 0 Å². The summed E-state index contributed by atoms with van der Waals surface area (Å²) in [6, 6.07) is 15.6. The van der Waals surface area contributed by atoms with Crippen LogP contribution in [0.3, 0.4) is 0 Å². The monoisotopic (exact) mass is 337 g/mol. The molecule has 0 fully saturated rings. The number of aromatic nitrogens is 3. The zero-order valence-corrected chi connectivity index (χ0v) is 13.9. The molecule has 0 unspecified atom stereocenters. The largest absolute Gasteiger partial charge is 0.249 e. The smallest absolute Gasteiger partial charge is 0.144 e. The minimum atomic E-state index is 0.723. The van der Waals surface area contributed by atoms with Gasteiger partial charge in [-0.15, -0.1) is 11.3 Å². The van der Waals surface area contributed by atoms with E-state index in [0.29, 0.717) is 0 Å². The number of nitrogens with zero attached hydrogens (tertiary/aromatic N) is 3. The van der Waals surface area contributed by atoms with E-state index in [1.165, 1.54) is 0 Å². The van der Waals surface area contributed by atoms with Gasteiger partial charge in [-0.2, -0.15) is 0 Å². The van der Waals surface area contributed by atoms with Crippen LogP contribution in [0.2, 0.25) is 5.02 Å². The van der Waals surface area contributed by atoms with E-state index in [0.717, 1.165) is 43.7 Å². The third-order valence-corrected chi connectivity index (χ3v) is 4.69. The van der Waals surface area contributed by atoms with E-state index < -0.39 is 0 Å². The van der Waals surface area contributed by atoms with Crippen LogP contribution in [0, 0.1) is 6.92 Å². The zero-order valence-electron chi connectivity index (χ0n) is 12.3. The molecule has 23 heavy (non-hydrogen) atoms. The molecule has 2 aromatic heterocycles. The van der Waals surface area contributed by atoms with Gasteiger partial charge in [-0.3, -0.25) is 0 Å². The molecule has 0 saturated carbocycles. The fourth-order valence-corrected chi connectivity index (χ4v) is 3.42. The van der Waals surface area contributed by atoms with Gasteiger partial charge in [0, 0.05) is 16.0 Å². The first-order valence-corrected chi connectivity index (χ1v) is 8.42. The highest BCUT2D eigenvalue weighted by Gasteiger charge is 2.12. The van der Waals surface area contributed by atoms with Crippen LogP contribution in [0.15, 0.2) is 53.9 Å². The Balaban J connectivity index is 1.79. The van der Waals surface area contributed by atoms with E-state index in [1.54, 1.807) is 11.3 Å². The van der Waals surface area contributed by atoms with Crippen LogP contribution in [0.5, 0.6) is 0 Å². The maximum atomic E-state index is 5.94. The average Bonchev–Trinajstić information content (AvgIpc) is 3.04. The average molecular weight is 338 g/mol. The molecular formula is C18H12ClN3S. The van der Waals surface area contributed by atoms with E-state index >= 15 is 0 Å². The summed E-state index contributed by atoms with van der Waals surface area (Å²) in [7, 11) is 0. The van der Waals surface area contributed by atoms with Gasteiger partial charge in [0.1, 0.15) is 10.7 Å². The van der Waals surface area contributed by atoms with Gasteiger partial charge in [-0.1, -0.05) is 35.9 Å². The molecule has 112 valence electrons. The SMILES string of the molecule is Cc1nc2ccccc2nc1-c1nc(-c2ccc(Cl)cc2)cs1. The molecule has 0 N–H and O–H groups in total. The summed E-state index contributed by atoms with van der Waals surface area (Å²) in [5.41, 5.74) is 5.49. The lowest BCUT2D eigenvalue weighted by molar-refractivity contribution is 1.18. The third-order valence-electron chi connectivity index (χ3n) is 3.59. The highest BCUT2D eigenvalue weighted by atomic mass is 35.5. The Morgan fingerprint density at radius 3 is 2.30 bits per heavy atom.